The SMILES string of the molecule is COCCN(C1CC1)C(C)C(C)=O. The van der Waals surface area contributed by atoms with E-state index in [1.807, 2.05) is 6.92 Å². The third-order valence-corrected chi connectivity index (χ3v) is 2.66. The number of carbonyl (C=O) groups excluding carboxylic acids is 1. The van der Waals surface area contributed by atoms with Crippen LogP contribution in [0.3, 0.4) is 0 Å². The van der Waals surface area contributed by atoms with Crippen LogP contribution in [0, 0.1) is 0 Å². The molecule has 3 heteroatoms. The fraction of sp³-hybridized carbons (Fsp3) is 0.900. The second kappa shape index (κ2) is 4.72. The van der Waals surface area contributed by atoms with Crippen molar-refractivity contribution in [3.63, 3.8) is 0 Å². The monoisotopic (exact) mass is 185 g/mol. The van der Waals surface area contributed by atoms with Crippen molar-refractivity contribution in [1.82, 2.24) is 4.90 Å². The van der Waals surface area contributed by atoms with Crippen molar-refractivity contribution >= 4 is 5.78 Å². The second-order valence-electron chi connectivity index (χ2n) is 3.75. The molecule has 1 atom stereocenters. The largest absolute Gasteiger partial charge is 0.383 e. The summed E-state index contributed by atoms with van der Waals surface area (Å²) in [4.78, 5) is 13.5. The van der Waals surface area contributed by atoms with Crippen LogP contribution in [-0.4, -0.2) is 43.0 Å². The molecule has 0 N–H and O–H groups in total. The fourth-order valence-electron chi connectivity index (χ4n) is 1.53. The molecule has 13 heavy (non-hydrogen) atoms. The zero-order valence-corrected chi connectivity index (χ0v) is 8.75. The zero-order valence-electron chi connectivity index (χ0n) is 8.75. The molecule has 1 fully saturated rings. The van der Waals surface area contributed by atoms with Gasteiger partial charge in [-0.15, -0.1) is 0 Å². The molecule has 76 valence electrons. The summed E-state index contributed by atoms with van der Waals surface area (Å²) in [6.07, 6.45) is 2.47. The highest BCUT2D eigenvalue weighted by Crippen LogP contribution is 2.28. The molecule has 0 amide bonds. The van der Waals surface area contributed by atoms with Gasteiger partial charge in [0, 0.05) is 19.7 Å². The van der Waals surface area contributed by atoms with E-state index in [0.29, 0.717) is 12.6 Å². The summed E-state index contributed by atoms with van der Waals surface area (Å²) in [5.41, 5.74) is 0. The Morgan fingerprint density at radius 1 is 1.62 bits per heavy atom. The molecule has 0 aromatic rings. The average molecular weight is 185 g/mol. The topological polar surface area (TPSA) is 29.5 Å². The van der Waals surface area contributed by atoms with Crippen LogP contribution in [0.1, 0.15) is 26.7 Å². The van der Waals surface area contributed by atoms with E-state index in [0.717, 1.165) is 6.54 Å². The number of hydrogen-bond donors (Lipinski definition) is 0. The Bertz CT molecular complexity index is 178. The summed E-state index contributed by atoms with van der Waals surface area (Å²) < 4.78 is 5.03. The number of hydrogen-bond acceptors (Lipinski definition) is 3. The first-order chi connectivity index (χ1) is 6.16. The predicted octanol–water partition coefficient (Wildman–Crippen LogP) is 1.07. The van der Waals surface area contributed by atoms with Gasteiger partial charge in [0.15, 0.2) is 0 Å². The minimum atomic E-state index is 0.0580. The molecule has 0 spiro atoms. The summed E-state index contributed by atoms with van der Waals surface area (Å²) >= 11 is 0. The first kappa shape index (κ1) is 10.7. The van der Waals surface area contributed by atoms with Crippen molar-refractivity contribution in [2.45, 2.75) is 38.8 Å². The van der Waals surface area contributed by atoms with Gasteiger partial charge in [0.1, 0.15) is 5.78 Å². The maximum absolute atomic E-state index is 11.2. The lowest BCUT2D eigenvalue weighted by Gasteiger charge is -2.26. The Balaban J connectivity index is 2.40. The minimum Gasteiger partial charge on any atom is -0.383 e. The van der Waals surface area contributed by atoms with Crippen LogP contribution in [-0.2, 0) is 9.53 Å². The fourth-order valence-corrected chi connectivity index (χ4v) is 1.53. The van der Waals surface area contributed by atoms with Crippen molar-refractivity contribution in [3.8, 4) is 0 Å². The van der Waals surface area contributed by atoms with E-state index in [2.05, 4.69) is 4.90 Å². The first-order valence-corrected chi connectivity index (χ1v) is 4.92. The van der Waals surface area contributed by atoms with Gasteiger partial charge in [-0.05, 0) is 26.7 Å². The van der Waals surface area contributed by atoms with Crippen molar-refractivity contribution in [3.05, 3.63) is 0 Å². The van der Waals surface area contributed by atoms with Crippen LogP contribution in [0.15, 0.2) is 0 Å². The van der Waals surface area contributed by atoms with Crippen LogP contribution >= 0.6 is 0 Å². The standard InChI is InChI=1S/C10H19NO2/c1-8(9(2)12)11(6-7-13-3)10-4-5-10/h8,10H,4-7H2,1-3H3. The van der Waals surface area contributed by atoms with Crippen molar-refractivity contribution < 1.29 is 9.53 Å². The maximum Gasteiger partial charge on any atom is 0.146 e. The van der Waals surface area contributed by atoms with Crippen LogP contribution in [0.5, 0.6) is 0 Å². The molecule has 0 aromatic heterocycles. The molecule has 0 bridgehead atoms. The van der Waals surface area contributed by atoms with Gasteiger partial charge >= 0.3 is 0 Å². The smallest absolute Gasteiger partial charge is 0.146 e. The molecule has 1 aliphatic rings. The number of ether oxygens (including phenoxy) is 1. The molecular weight excluding hydrogens is 166 g/mol. The maximum atomic E-state index is 11.2. The Morgan fingerprint density at radius 2 is 2.23 bits per heavy atom. The molecule has 0 aliphatic heterocycles. The Hall–Kier alpha value is -0.410. The molecule has 1 rings (SSSR count). The molecule has 0 saturated heterocycles. The molecule has 3 nitrogen and oxygen atoms in total. The van der Waals surface area contributed by atoms with Gasteiger partial charge in [0.25, 0.3) is 0 Å². The average Bonchev–Trinajstić information content (AvgIpc) is 2.88. The molecule has 0 radical (unpaired) electrons. The summed E-state index contributed by atoms with van der Waals surface area (Å²) in [7, 11) is 1.70. The zero-order chi connectivity index (χ0) is 9.84. The van der Waals surface area contributed by atoms with Crippen molar-refractivity contribution in [1.29, 1.82) is 0 Å². The lowest BCUT2D eigenvalue weighted by molar-refractivity contribution is -0.122. The van der Waals surface area contributed by atoms with Gasteiger partial charge in [-0.1, -0.05) is 0 Å². The van der Waals surface area contributed by atoms with Gasteiger partial charge in [0.2, 0.25) is 0 Å². The van der Waals surface area contributed by atoms with Gasteiger partial charge in [0.05, 0.1) is 12.6 Å². The lowest BCUT2D eigenvalue weighted by atomic mass is 10.2. The quantitative estimate of drug-likeness (QED) is 0.620. The van der Waals surface area contributed by atoms with Crippen LogP contribution in [0.4, 0.5) is 0 Å². The Labute approximate surface area is 80.1 Å². The van der Waals surface area contributed by atoms with Gasteiger partial charge in [-0.25, -0.2) is 0 Å². The third-order valence-electron chi connectivity index (χ3n) is 2.66. The summed E-state index contributed by atoms with van der Waals surface area (Å²) in [6, 6.07) is 0.691. The minimum absolute atomic E-state index is 0.0580. The van der Waals surface area contributed by atoms with Crippen LogP contribution in [0.25, 0.3) is 0 Å². The van der Waals surface area contributed by atoms with Gasteiger partial charge < -0.3 is 4.74 Å². The summed E-state index contributed by atoms with van der Waals surface area (Å²) in [6.45, 7) is 5.24. The number of carbonyl (C=O) groups is 1. The molecular formula is C10H19NO2. The summed E-state index contributed by atoms with van der Waals surface area (Å²) in [5.74, 6) is 0.253. The molecule has 0 aromatic carbocycles. The number of methoxy groups -OCH3 is 1. The number of Topliss-reactive ketones (excluding diaryl/α,β-unsaturated/α-hetero) is 1. The normalized spacial score (nSPS) is 19.1. The van der Waals surface area contributed by atoms with E-state index >= 15 is 0 Å². The number of ketones is 1. The van der Waals surface area contributed by atoms with E-state index in [4.69, 9.17) is 4.74 Å². The lowest BCUT2D eigenvalue weighted by Crippen LogP contribution is -2.41. The van der Waals surface area contributed by atoms with E-state index in [9.17, 15) is 4.79 Å². The molecule has 1 unspecified atom stereocenters. The molecule has 1 saturated carbocycles. The van der Waals surface area contributed by atoms with E-state index in [1.165, 1.54) is 12.8 Å². The van der Waals surface area contributed by atoms with Crippen molar-refractivity contribution in [2.24, 2.45) is 0 Å². The molecule has 1 aliphatic carbocycles. The van der Waals surface area contributed by atoms with E-state index < -0.39 is 0 Å². The van der Waals surface area contributed by atoms with Crippen LogP contribution < -0.4 is 0 Å². The Kier molecular flexibility index (Phi) is 3.88. The van der Waals surface area contributed by atoms with Crippen LogP contribution in [0.2, 0.25) is 0 Å². The summed E-state index contributed by atoms with van der Waals surface area (Å²) in [5, 5.41) is 0. The number of nitrogens with zero attached hydrogens (tertiary/aromatic N) is 1. The highest BCUT2D eigenvalue weighted by atomic mass is 16.5. The second-order valence-corrected chi connectivity index (χ2v) is 3.75. The van der Waals surface area contributed by atoms with E-state index in [1.54, 1.807) is 14.0 Å². The Morgan fingerprint density at radius 3 is 2.62 bits per heavy atom. The predicted molar refractivity (Wildman–Crippen MR) is 51.7 cm³/mol. The van der Waals surface area contributed by atoms with Gasteiger partial charge in [-0.3, -0.25) is 9.69 Å². The highest BCUT2D eigenvalue weighted by Gasteiger charge is 2.33. The molecule has 0 heterocycles. The van der Waals surface area contributed by atoms with E-state index in [-0.39, 0.29) is 11.8 Å². The first-order valence-electron chi connectivity index (χ1n) is 4.92. The van der Waals surface area contributed by atoms with Crippen molar-refractivity contribution in [2.75, 3.05) is 20.3 Å². The highest BCUT2D eigenvalue weighted by molar-refractivity contribution is 5.81. The van der Waals surface area contributed by atoms with Gasteiger partial charge in [-0.2, -0.15) is 0 Å². The third kappa shape index (κ3) is 3.08. The number of rotatable bonds is 6.